The van der Waals surface area contributed by atoms with Gasteiger partial charge in [0.25, 0.3) is 0 Å². The molecule has 1 saturated heterocycles. The van der Waals surface area contributed by atoms with E-state index in [2.05, 4.69) is 30.8 Å². The summed E-state index contributed by atoms with van der Waals surface area (Å²) in [5.74, 6) is 2.32. The average molecular weight is 527 g/mol. The van der Waals surface area contributed by atoms with Crippen LogP contribution in [0.2, 0.25) is 10.0 Å². The van der Waals surface area contributed by atoms with Crippen molar-refractivity contribution in [3.05, 3.63) is 88.8 Å². The summed E-state index contributed by atoms with van der Waals surface area (Å²) in [5.41, 5.74) is 3.63. The summed E-state index contributed by atoms with van der Waals surface area (Å²) in [6, 6.07) is 21.0. The molecule has 0 unspecified atom stereocenters. The predicted octanol–water partition coefficient (Wildman–Crippen LogP) is 5.38. The molecular formula is C27H20Cl2N8. The van der Waals surface area contributed by atoms with Crippen molar-refractivity contribution >= 4 is 46.0 Å². The van der Waals surface area contributed by atoms with E-state index in [4.69, 9.17) is 33.4 Å². The van der Waals surface area contributed by atoms with Crippen LogP contribution < -0.4 is 9.80 Å². The van der Waals surface area contributed by atoms with Crippen molar-refractivity contribution in [1.82, 2.24) is 24.5 Å². The highest BCUT2D eigenvalue weighted by atomic mass is 35.5. The Labute approximate surface area is 223 Å². The zero-order valence-electron chi connectivity index (χ0n) is 19.6. The van der Waals surface area contributed by atoms with Crippen molar-refractivity contribution < 1.29 is 0 Å². The number of anilines is 2. The first-order chi connectivity index (χ1) is 18.1. The first kappa shape index (κ1) is 23.2. The molecule has 0 bridgehead atoms. The molecule has 10 heteroatoms. The number of hydrogen-bond acceptors (Lipinski definition) is 7. The Kier molecular flexibility index (Phi) is 6.08. The zero-order chi connectivity index (χ0) is 25.4. The summed E-state index contributed by atoms with van der Waals surface area (Å²) >= 11 is 12.8. The molecule has 5 aromatic rings. The smallest absolute Gasteiger partial charge is 0.170 e. The van der Waals surface area contributed by atoms with Crippen LogP contribution in [0, 0.1) is 11.3 Å². The van der Waals surface area contributed by atoms with Gasteiger partial charge >= 0.3 is 0 Å². The van der Waals surface area contributed by atoms with Gasteiger partial charge in [-0.3, -0.25) is 4.57 Å². The van der Waals surface area contributed by atoms with Gasteiger partial charge in [0, 0.05) is 48.6 Å². The molecule has 0 aliphatic carbocycles. The van der Waals surface area contributed by atoms with Crippen LogP contribution in [-0.2, 0) is 0 Å². The Morgan fingerprint density at radius 2 is 1.57 bits per heavy atom. The van der Waals surface area contributed by atoms with Gasteiger partial charge in [0.15, 0.2) is 17.0 Å². The molecule has 0 radical (unpaired) electrons. The summed E-state index contributed by atoms with van der Waals surface area (Å²) in [7, 11) is 0. The second kappa shape index (κ2) is 9.69. The van der Waals surface area contributed by atoms with Gasteiger partial charge in [0.1, 0.15) is 24.0 Å². The maximum absolute atomic E-state index is 9.04. The molecule has 1 aliphatic rings. The third-order valence-electron chi connectivity index (χ3n) is 6.40. The van der Waals surface area contributed by atoms with E-state index in [0.717, 1.165) is 49.1 Å². The van der Waals surface area contributed by atoms with Crippen molar-refractivity contribution in [2.75, 3.05) is 36.0 Å². The molecule has 8 nitrogen and oxygen atoms in total. The van der Waals surface area contributed by atoms with Crippen LogP contribution in [0.5, 0.6) is 0 Å². The van der Waals surface area contributed by atoms with Gasteiger partial charge in [0.2, 0.25) is 0 Å². The Hall–Kier alpha value is -4.19. The SMILES string of the molecule is N#Cc1ccc(N2CCN(c3ncnc4c3nc(-c3ccccc3Cl)n4-c3ccc(Cl)cc3)CC2)nc1. The molecule has 2 aromatic carbocycles. The molecule has 0 amide bonds. The van der Waals surface area contributed by atoms with Gasteiger partial charge in [-0.25, -0.2) is 19.9 Å². The minimum Gasteiger partial charge on any atom is -0.353 e. The minimum absolute atomic E-state index is 0.552. The molecule has 182 valence electrons. The molecule has 0 spiro atoms. The van der Waals surface area contributed by atoms with E-state index in [0.29, 0.717) is 32.6 Å². The van der Waals surface area contributed by atoms with E-state index in [1.807, 2.05) is 59.2 Å². The summed E-state index contributed by atoms with van der Waals surface area (Å²) in [4.78, 5) is 23.2. The Balaban J connectivity index is 1.39. The van der Waals surface area contributed by atoms with E-state index < -0.39 is 0 Å². The summed E-state index contributed by atoms with van der Waals surface area (Å²) in [6.45, 7) is 3.01. The molecular weight excluding hydrogens is 507 g/mol. The van der Waals surface area contributed by atoms with E-state index in [1.165, 1.54) is 0 Å². The molecule has 1 fully saturated rings. The third kappa shape index (κ3) is 4.33. The van der Waals surface area contributed by atoms with Gasteiger partial charge in [-0.15, -0.1) is 0 Å². The highest BCUT2D eigenvalue weighted by Gasteiger charge is 2.25. The molecule has 4 heterocycles. The Bertz CT molecular complexity index is 1620. The lowest BCUT2D eigenvalue weighted by Gasteiger charge is -2.36. The molecule has 37 heavy (non-hydrogen) atoms. The maximum Gasteiger partial charge on any atom is 0.170 e. The normalized spacial score (nSPS) is 13.6. The number of benzene rings is 2. The summed E-state index contributed by atoms with van der Waals surface area (Å²) in [6.07, 6.45) is 3.19. The number of halogens is 2. The fourth-order valence-electron chi connectivity index (χ4n) is 4.56. The number of aromatic nitrogens is 5. The van der Waals surface area contributed by atoms with Crippen LogP contribution in [0.3, 0.4) is 0 Å². The number of nitriles is 1. The monoisotopic (exact) mass is 526 g/mol. The lowest BCUT2D eigenvalue weighted by molar-refractivity contribution is 0.642. The van der Waals surface area contributed by atoms with Gasteiger partial charge in [-0.2, -0.15) is 5.26 Å². The number of rotatable bonds is 4. The fraction of sp³-hybridized carbons (Fsp3) is 0.148. The number of pyridine rings is 1. The van der Waals surface area contributed by atoms with Crippen molar-refractivity contribution in [1.29, 1.82) is 5.26 Å². The van der Waals surface area contributed by atoms with Crippen LogP contribution in [0.4, 0.5) is 11.6 Å². The second-order valence-electron chi connectivity index (χ2n) is 8.59. The molecule has 1 aliphatic heterocycles. The van der Waals surface area contributed by atoms with E-state index in [-0.39, 0.29) is 0 Å². The minimum atomic E-state index is 0.552. The van der Waals surface area contributed by atoms with Crippen LogP contribution in [-0.4, -0.2) is 50.7 Å². The van der Waals surface area contributed by atoms with E-state index in [9.17, 15) is 0 Å². The lowest BCUT2D eigenvalue weighted by atomic mass is 10.2. The molecule has 0 atom stereocenters. The number of fused-ring (bicyclic) bond motifs is 1. The summed E-state index contributed by atoms with van der Waals surface area (Å²) in [5, 5.41) is 10.3. The van der Waals surface area contributed by atoms with Crippen LogP contribution >= 0.6 is 23.2 Å². The van der Waals surface area contributed by atoms with Crippen molar-refractivity contribution in [2.24, 2.45) is 0 Å². The maximum atomic E-state index is 9.04. The molecule has 0 N–H and O–H groups in total. The second-order valence-corrected chi connectivity index (χ2v) is 9.43. The Morgan fingerprint density at radius 3 is 2.27 bits per heavy atom. The van der Waals surface area contributed by atoms with Crippen LogP contribution in [0.15, 0.2) is 73.2 Å². The quantitative estimate of drug-likeness (QED) is 0.310. The molecule has 6 rings (SSSR count). The first-order valence-corrected chi connectivity index (χ1v) is 12.5. The topological polar surface area (TPSA) is 86.8 Å². The fourth-order valence-corrected chi connectivity index (χ4v) is 4.90. The van der Waals surface area contributed by atoms with Crippen LogP contribution in [0.1, 0.15) is 5.56 Å². The van der Waals surface area contributed by atoms with Gasteiger partial charge in [-0.05, 0) is 48.5 Å². The largest absolute Gasteiger partial charge is 0.353 e. The van der Waals surface area contributed by atoms with Crippen molar-refractivity contribution in [3.63, 3.8) is 0 Å². The van der Waals surface area contributed by atoms with E-state index in [1.54, 1.807) is 18.6 Å². The molecule has 0 saturated carbocycles. The van der Waals surface area contributed by atoms with Crippen molar-refractivity contribution in [3.8, 4) is 23.1 Å². The Morgan fingerprint density at radius 1 is 0.811 bits per heavy atom. The summed E-state index contributed by atoms with van der Waals surface area (Å²) < 4.78 is 2.00. The number of piperazine rings is 1. The van der Waals surface area contributed by atoms with Crippen molar-refractivity contribution in [2.45, 2.75) is 0 Å². The standard InChI is InChI=1S/C27H20Cl2N8/c28-19-6-8-20(9-7-19)37-25(21-3-1-2-4-22(21)29)34-24-26(32-17-33-27(24)37)36-13-11-35(12-14-36)23-10-5-18(15-30)16-31-23/h1-10,16-17H,11-14H2. The zero-order valence-corrected chi connectivity index (χ0v) is 21.1. The van der Waals surface area contributed by atoms with Gasteiger partial charge in [-0.1, -0.05) is 35.3 Å². The third-order valence-corrected chi connectivity index (χ3v) is 6.99. The van der Waals surface area contributed by atoms with Gasteiger partial charge in [0.05, 0.1) is 10.6 Å². The predicted molar refractivity (Wildman–Crippen MR) is 145 cm³/mol. The van der Waals surface area contributed by atoms with E-state index >= 15 is 0 Å². The first-order valence-electron chi connectivity index (χ1n) is 11.7. The highest BCUT2D eigenvalue weighted by Crippen LogP contribution is 2.35. The van der Waals surface area contributed by atoms with Gasteiger partial charge < -0.3 is 9.80 Å². The number of nitrogens with zero attached hydrogens (tertiary/aromatic N) is 8. The number of imidazole rings is 1. The number of hydrogen-bond donors (Lipinski definition) is 0. The average Bonchev–Trinajstić information content (AvgIpc) is 3.33. The highest BCUT2D eigenvalue weighted by molar-refractivity contribution is 6.33. The lowest BCUT2D eigenvalue weighted by Crippen LogP contribution is -2.47. The molecule has 3 aromatic heterocycles. The van der Waals surface area contributed by atoms with Crippen LogP contribution in [0.25, 0.3) is 28.2 Å².